The smallest absolute Gasteiger partial charge is 0.328 e. The van der Waals surface area contributed by atoms with E-state index in [2.05, 4.69) is 33.5 Å². The number of amides is 5. The molecule has 17 nitrogen and oxygen atoms in total. The maximum absolute atomic E-state index is 13.5. The number of nitrogens with one attached hydrogen (secondary N) is 5. The van der Waals surface area contributed by atoms with Gasteiger partial charge in [-0.1, -0.05) is 84.0 Å². The van der Waals surface area contributed by atoms with Gasteiger partial charge in [0.25, 0.3) is 0 Å². The molecule has 0 aliphatic carbocycles. The quantitative estimate of drug-likeness (QED) is 0.0400. The van der Waals surface area contributed by atoms with Gasteiger partial charge in [-0.25, -0.2) is 4.79 Å². The van der Waals surface area contributed by atoms with Crippen LogP contribution in [0.3, 0.4) is 0 Å². The molecule has 0 aliphatic heterocycles. The van der Waals surface area contributed by atoms with Crippen molar-refractivity contribution < 1.29 is 49.2 Å². The second kappa shape index (κ2) is 32.7. The van der Waals surface area contributed by atoms with Gasteiger partial charge < -0.3 is 58.5 Å². The van der Waals surface area contributed by atoms with Crippen LogP contribution < -0.4 is 38.1 Å². The fraction of sp³-hybridized carbons (Fsp3) is 0.846. The Morgan fingerprint density at radius 3 is 1.29 bits per heavy atom. The van der Waals surface area contributed by atoms with E-state index in [0.29, 0.717) is 38.6 Å². The van der Waals surface area contributed by atoms with E-state index in [9.17, 15) is 49.2 Å². The lowest BCUT2D eigenvalue weighted by Gasteiger charge is -2.29. The first kappa shape index (κ1) is 52.6. The average molecular weight is 802 g/mol. The van der Waals surface area contributed by atoms with Gasteiger partial charge >= 0.3 is 5.97 Å². The van der Waals surface area contributed by atoms with E-state index >= 15 is 0 Å². The van der Waals surface area contributed by atoms with Crippen molar-refractivity contribution in [3.05, 3.63) is 0 Å². The van der Waals surface area contributed by atoms with Crippen molar-refractivity contribution in [2.75, 3.05) is 19.7 Å². The molecule has 56 heavy (non-hydrogen) atoms. The number of aliphatic hydroxyl groups excluding tert-OH is 3. The number of aliphatic hydroxyl groups is 3. The summed E-state index contributed by atoms with van der Waals surface area (Å²) in [6.07, 6.45) is 14.6. The molecule has 0 rings (SSSR count). The second-order valence-corrected chi connectivity index (χ2v) is 14.8. The number of nitrogens with two attached hydrogens (primary N) is 2. The Bertz CT molecular complexity index is 1130. The third-order valence-corrected chi connectivity index (χ3v) is 9.61. The van der Waals surface area contributed by atoms with Crippen molar-refractivity contribution in [3.63, 3.8) is 0 Å². The van der Waals surface area contributed by atoms with Crippen molar-refractivity contribution in [2.24, 2.45) is 11.5 Å². The molecule has 0 heterocycles. The molecule has 0 fully saturated rings. The SMILES string of the molecule is CCCCCCCCCCCCCCCC(=O)N[C@@H](CCCCN)C(=O)N[C@H](C(=O)N[C@H](C(=O)N[C@@H](CCCCN)C(=O)N[C@@H](CO)C(=O)O)[C@@H](C)O)[C@@H](C)O. The van der Waals surface area contributed by atoms with Gasteiger partial charge in [-0.05, 0) is 71.9 Å². The Balaban J connectivity index is 5.38. The number of unbranched alkanes of at least 4 members (excludes halogenated alkanes) is 14. The van der Waals surface area contributed by atoms with E-state index in [-0.39, 0.29) is 31.7 Å². The number of carbonyl (C=O) groups is 6. The topological polar surface area (TPSA) is 296 Å². The lowest BCUT2D eigenvalue weighted by Crippen LogP contribution is -2.62. The third-order valence-electron chi connectivity index (χ3n) is 9.61. The van der Waals surface area contributed by atoms with Gasteiger partial charge in [-0.2, -0.15) is 0 Å². The highest BCUT2D eigenvalue weighted by atomic mass is 16.4. The zero-order chi connectivity index (χ0) is 42.3. The maximum Gasteiger partial charge on any atom is 0.328 e. The molecule has 5 amide bonds. The molecule has 0 aromatic rings. The van der Waals surface area contributed by atoms with Crippen LogP contribution in [-0.2, 0) is 28.8 Å². The van der Waals surface area contributed by atoms with E-state index in [1.165, 1.54) is 71.6 Å². The van der Waals surface area contributed by atoms with Crippen LogP contribution in [0.4, 0.5) is 0 Å². The Hall–Kier alpha value is -3.38. The molecule has 13 N–H and O–H groups in total. The molecule has 0 saturated carbocycles. The second-order valence-electron chi connectivity index (χ2n) is 14.8. The molecule has 17 heteroatoms. The minimum absolute atomic E-state index is 0.0238. The predicted molar refractivity (Wildman–Crippen MR) is 214 cm³/mol. The van der Waals surface area contributed by atoms with Crippen LogP contribution in [0.15, 0.2) is 0 Å². The van der Waals surface area contributed by atoms with E-state index in [1.54, 1.807) is 0 Å². The number of carbonyl (C=O) groups excluding carboxylic acids is 5. The minimum Gasteiger partial charge on any atom is -0.480 e. The zero-order valence-corrected chi connectivity index (χ0v) is 34.2. The summed E-state index contributed by atoms with van der Waals surface area (Å²) < 4.78 is 0. The molecule has 326 valence electrons. The van der Waals surface area contributed by atoms with Crippen molar-refractivity contribution in [1.82, 2.24) is 26.6 Å². The Labute approximate surface area is 333 Å². The van der Waals surface area contributed by atoms with Crippen LogP contribution in [0, 0.1) is 0 Å². The third kappa shape index (κ3) is 24.3. The normalized spacial score (nSPS) is 15.0. The highest BCUT2D eigenvalue weighted by Crippen LogP contribution is 2.13. The van der Waals surface area contributed by atoms with Gasteiger partial charge in [0.2, 0.25) is 29.5 Å². The van der Waals surface area contributed by atoms with Crippen molar-refractivity contribution in [3.8, 4) is 0 Å². The van der Waals surface area contributed by atoms with E-state index in [0.717, 1.165) is 19.3 Å². The first-order valence-electron chi connectivity index (χ1n) is 20.8. The van der Waals surface area contributed by atoms with Crippen LogP contribution in [-0.4, -0.2) is 118 Å². The largest absolute Gasteiger partial charge is 0.480 e. The number of carboxylic acid groups (broad SMARTS) is 1. The summed E-state index contributed by atoms with van der Waals surface area (Å²) in [5, 5.41) is 51.6. The van der Waals surface area contributed by atoms with Crippen molar-refractivity contribution in [1.29, 1.82) is 0 Å². The molecule has 0 saturated heterocycles. The average Bonchev–Trinajstić information content (AvgIpc) is 3.15. The molecule has 0 unspecified atom stereocenters. The van der Waals surface area contributed by atoms with Gasteiger partial charge in [0.1, 0.15) is 30.2 Å². The molecular weight excluding hydrogens is 726 g/mol. The fourth-order valence-electron chi connectivity index (χ4n) is 6.12. The monoisotopic (exact) mass is 802 g/mol. The van der Waals surface area contributed by atoms with Gasteiger partial charge in [0.15, 0.2) is 0 Å². The molecule has 0 aromatic heterocycles. The predicted octanol–water partition coefficient (Wildman–Crippen LogP) is 0.988. The van der Waals surface area contributed by atoms with Crippen LogP contribution in [0.1, 0.15) is 149 Å². The molecule has 7 atom stereocenters. The Morgan fingerprint density at radius 1 is 0.500 bits per heavy atom. The van der Waals surface area contributed by atoms with Gasteiger partial charge in [0, 0.05) is 6.42 Å². The molecular formula is C39H75N7O10. The van der Waals surface area contributed by atoms with E-state index in [4.69, 9.17) is 11.5 Å². The van der Waals surface area contributed by atoms with Gasteiger partial charge in [-0.3, -0.25) is 24.0 Å². The van der Waals surface area contributed by atoms with E-state index in [1.807, 2.05) is 0 Å². The lowest BCUT2D eigenvalue weighted by molar-refractivity contribution is -0.143. The summed E-state index contributed by atoms with van der Waals surface area (Å²) in [7, 11) is 0. The molecule has 0 bridgehead atoms. The lowest BCUT2D eigenvalue weighted by atomic mass is 10.0. The molecule has 0 spiro atoms. The van der Waals surface area contributed by atoms with Crippen LogP contribution in [0.2, 0.25) is 0 Å². The summed E-state index contributed by atoms with van der Waals surface area (Å²) in [6.45, 7) is 4.43. The summed E-state index contributed by atoms with van der Waals surface area (Å²) in [5.74, 6) is -5.49. The molecule has 0 aliphatic rings. The summed E-state index contributed by atoms with van der Waals surface area (Å²) >= 11 is 0. The summed E-state index contributed by atoms with van der Waals surface area (Å²) in [6, 6.07) is -7.25. The zero-order valence-electron chi connectivity index (χ0n) is 34.2. The molecule has 0 radical (unpaired) electrons. The number of carboxylic acids is 1. The van der Waals surface area contributed by atoms with Gasteiger partial charge in [0.05, 0.1) is 18.8 Å². The highest BCUT2D eigenvalue weighted by molar-refractivity contribution is 5.96. The van der Waals surface area contributed by atoms with Gasteiger partial charge in [-0.15, -0.1) is 0 Å². The number of hydrogen-bond donors (Lipinski definition) is 11. The number of hydrogen-bond acceptors (Lipinski definition) is 11. The van der Waals surface area contributed by atoms with Crippen molar-refractivity contribution >= 4 is 35.5 Å². The number of aliphatic carboxylic acids is 1. The minimum atomic E-state index is -1.67. The van der Waals surface area contributed by atoms with Crippen LogP contribution in [0.5, 0.6) is 0 Å². The number of rotatable bonds is 35. The maximum atomic E-state index is 13.5. The standard InChI is InChI=1S/C39H75N7O10/c1-4-5-6-7-8-9-10-11-12-13-14-15-16-23-32(50)42-29(21-17-19-24-40)36(52)45-34(28(3)49)38(54)46-33(27(2)48)37(53)43-30(22-18-20-25-41)35(51)44-31(26-47)39(55)56/h27-31,33-34,47-49H,4-26,40-41H2,1-3H3,(H,42,50)(H,43,53)(H,44,51)(H,45,52)(H,46,54)(H,55,56)/t27-,28-,29+,30+,31+,33+,34+/m1/s1. The summed E-state index contributed by atoms with van der Waals surface area (Å²) in [4.78, 5) is 77.3. The highest BCUT2D eigenvalue weighted by Gasteiger charge is 2.35. The molecule has 0 aromatic carbocycles. The van der Waals surface area contributed by atoms with Crippen molar-refractivity contribution in [2.45, 2.75) is 192 Å². The Kier molecular flexibility index (Phi) is 30.7. The first-order valence-corrected chi connectivity index (χ1v) is 20.8. The van der Waals surface area contributed by atoms with Crippen LogP contribution in [0.25, 0.3) is 0 Å². The van der Waals surface area contributed by atoms with Crippen LogP contribution >= 0.6 is 0 Å². The first-order chi connectivity index (χ1) is 26.7. The fourth-order valence-corrected chi connectivity index (χ4v) is 6.12. The van der Waals surface area contributed by atoms with E-state index < -0.39 is 78.6 Å². The summed E-state index contributed by atoms with van der Waals surface area (Å²) in [5.41, 5.74) is 11.2. The Morgan fingerprint density at radius 2 is 0.875 bits per heavy atom.